The number of hydrogen-bond acceptors (Lipinski definition) is 0. The molecule has 0 N–H and O–H groups in total. The molecular formula is C26H34. The van der Waals surface area contributed by atoms with Crippen molar-refractivity contribution in [3.8, 4) is 0 Å². The summed E-state index contributed by atoms with van der Waals surface area (Å²) in [7, 11) is 0. The van der Waals surface area contributed by atoms with Crippen molar-refractivity contribution in [3.63, 3.8) is 0 Å². The molecule has 1 atom stereocenters. The summed E-state index contributed by atoms with van der Waals surface area (Å²) in [6.07, 6.45) is 3.60. The first-order valence-electron chi connectivity index (χ1n) is 9.94. The van der Waals surface area contributed by atoms with E-state index in [1.165, 1.54) is 33.4 Å². The molecule has 2 aromatic rings. The van der Waals surface area contributed by atoms with Gasteiger partial charge in [0.25, 0.3) is 0 Å². The highest BCUT2D eigenvalue weighted by molar-refractivity contribution is 5.87. The van der Waals surface area contributed by atoms with E-state index in [4.69, 9.17) is 0 Å². The standard InChI is InChI=1S/C26H34/c1-17-11-9-10-12-21(17)22-15-19-14-20(25(3,4)5)16-24(26(6,7)8)23(19)13-18(22)2/h9-12,14-16,18H,13H2,1-8H3/t18-/m1/s1. The van der Waals surface area contributed by atoms with Crippen LogP contribution in [-0.2, 0) is 17.3 Å². The van der Waals surface area contributed by atoms with E-state index in [2.05, 4.69) is 97.9 Å². The van der Waals surface area contributed by atoms with E-state index in [9.17, 15) is 0 Å². The molecule has 0 nitrogen and oxygen atoms in total. The van der Waals surface area contributed by atoms with Crippen LogP contribution in [0.4, 0.5) is 0 Å². The Morgan fingerprint density at radius 1 is 0.885 bits per heavy atom. The third-order valence-corrected chi connectivity index (χ3v) is 5.77. The fraction of sp³-hybridized carbons (Fsp3) is 0.462. The number of allylic oxidation sites excluding steroid dienone is 1. The van der Waals surface area contributed by atoms with E-state index in [1.807, 2.05) is 0 Å². The molecule has 138 valence electrons. The summed E-state index contributed by atoms with van der Waals surface area (Å²) in [5.74, 6) is 0.546. The van der Waals surface area contributed by atoms with Crippen LogP contribution in [0, 0.1) is 12.8 Å². The Morgan fingerprint density at radius 3 is 2.12 bits per heavy atom. The van der Waals surface area contributed by atoms with Gasteiger partial charge in [-0.05, 0) is 69.0 Å². The van der Waals surface area contributed by atoms with Gasteiger partial charge < -0.3 is 0 Å². The molecule has 0 aromatic heterocycles. The van der Waals surface area contributed by atoms with Crippen LogP contribution >= 0.6 is 0 Å². The second-order valence-electron chi connectivity index (χ2n) is 10.1. The highest BCUT2D eigenvalue weighted by Crippen LogP contribution is 2.42. The average molecular weight is 347 g/mol. The Kier molecular flexibility index (Phi) is 4.67. The third kappa shape index (κ3) is 3.52. The zero-order chi connectivity index (χ0) is 19.3. The van der Waals surface area contributed by atoms with E-state index in [1.54, 1.807) is 5.56 Å². The maximum absolute atomic E-state index is 2.47. The van der Waals surface area contributed by atoms with Gasteiger partial charge in [0.05, 0.1) is 0 Å². The molecule has 26 heavy (non-hydrogen) atoms. The number of rotatable bonds is 1. The maximum atomic E-state index is 2.47. The number of fused-ring (bicyclic) bond motifs is 1. The van der Waals surface area contributed by atoms with Crippen LogP contribution < -0.4 is 0 Å². The molecule has 0 unspecified atom stereocenters. The molecule has 1 aliphatic rings. The fourth-order valence-corrected chi connectivity index (χ4v) is 4.12. The van der Waals surface area contributed by atoms with Crippen LogP contribution in [0.2, 0.25) is 0 Å². The van der Waals surface area contributed by atoms with Crippen LogP contribution in [0.15, 0.2) is 36.4 Å². The van der Waals surface area contributed by atoms with Gasteiger partial charge in [0.1, 0.15) is 0 Å². The van der Waals surface area contributed by atoms with Crippen molar-refractivity contribution >= 4 is 11.6 Å². The predicted molar refractivity (Wildman–Crippen MR) is 116 cm³/mol. The highest BCUT2D eigenvalue weighted by atomic mass is 14.3. The summed E-state index contributed by atoms with van der Waals surface area (Å²) < 4.78 is 0. The number of aryl methyl sites for hydroxylation is 1. The molecule has 0 heterocycles. The Hall–Kier alpha value is -1.82. The normalized spacial score (nSPS) is 17.7. The van der Waals surface area contributed by atoms with Crippen molar-refractivity contribution in [2.45, 2.75) is 72.6 Å². The molecule has 0 bridgehead atoms. The van der Waals surface area contributed by atoms with E-state index in [-0.39, 0.29) is 10.8 Å². The second kappa shape index (κ2) is 6.41. The zero-order valence-electron chi connectivity index (χ0n) is 17.8. The van der Waals surface area contributed by atoms with Crippen LogP contribution in [-0.4, -0.2) is 0 Å². The zero-order valence-corrected chi connectivity index (χ0v) is 17.8. The van der Waals surface area contributed by atoms with Gasteiger partial charge in [0, 0.05) is 0 Å². The minimum absolute atomic E-state index is 0.161. The molecule has 0 heteroatoms. The molecular weight excluding hydrogens is 312 g/mol. The van der Waals surface area contributed by atoms with Crippen molar-refractivity contribution in [3.05, 3.63) is 69.8 Å². The van der Waals surface area contributed by atoms with Crippen molar-refractivity contribution in [1.29, 1.82) is 0 Å². The van der Waals surface area contributed by atoms with Gasteiger partial charge in [-0.2, -0.15) is 0 Å². The molecule has 3 rings (SSSR count). The number of hydrogen-bond donors (Lipinski definition) is 0. The lowest BCUT2D eigenvalue weighted by Gasteiger charge is -2.33. The van der Waals surface area contributed by atoms with Gasteiger partial charge in [0.15, 0.2) is 0 Å². The molecule has 1 aliphatic carbocycles. The molecule has 0 saturated carbocycles. The van der Waals surface area contributed by atoms with Crippen LogP contribution in [0.25, 0.3) is 11.6 Å². The van der Waals surface area contributed by atoms with Crippen LogP contribution in [0.1, 0.15) is 81.8 Å². The van der Waals surface area contributed by atoms with Gasteiger partial charge in [-0.1, -0.05) is 90.9 Å². The van der Waals surface area contributed by atoms with Crippen LogP contribution in [0.5, 0.6) is 0 Å². The van der Waals surface area contributed by atoms with Gasteiger partial charge in [0.2, 0.25) is 0 Å². The summed E-state index contributed by atoms with van der Waals surface area (Å²) in [5.41, 5.74) is 10.5. The number of benzene rings is 2. The van der Waals surface area contributed by atoms with E-state index in [0.29, 0.717) is 5.92 Å². The Balaban J connectivity index is 2.26. The lowest BCUT2D eigenvalue weighted by molar-refractivity contribution is 0.557. The third-order valence-electron chi connectivity index (χ3n) is 5.77. The maximum Gasteiger partial charge on any atom is -0.0129 e. The lowest BCUT2D eigenvalue weighted by Crippen LogP contribution is -2.22. The highest BCUT2D eigenvalue weighted by Gasteiger charge is 2.28. The van der Waals surface area contributed by atoms with E-state index >= 15 is 0 Å². The van der Waals surface area contributed by atoms with Crippen molar-refractivity contribution < 1.29 is 0 Å². The molecule has 0 fully saturated rings. The van der Waals surface area contributed by atoms with Crippen molar-refractivity contribution in [2.24, 2.45) is 5.92 Å². The summed E-state index contributed by atoms with van der Waals surface area (Å²) in [5, 5.41) is 0. The van der Waals surface area contributed by atoms with Crippen LogP contribution in [0.3, 0.4) is 0 Å². The Bertz CT molecular complexity index is 851. The Labute approximate surface area is 160 Å². The summed E-state index contributed by atoms with van der Waals surface area (Å²) in [6, 6.07) is 13.7. The molecule has 0 spiro atoms. The minimum Gasteiger partial charge on any atom is -0.0620 e. The van der Waals surface area contributed by atoms with Gasteiger partial charge >= 0.3 is 0 Å². The van der Waals surface area contributed by atoms with Gasteiger partial charge in [-0.25, -0.2) is 0 Å². The van der Waals surface area contributed by atoms with Crippen molar-refractivity contribution in [1.82, 2.24) is 0 Å². The smallest absolute Gasteiger partial charge is 0.0129 e. The van der Waals surface area contributed by atoms with Gasteiger partial charge in [-0.3, -0.25) is 0 Å². The average Bonchev–Trinajstić information content (AvgIpc) is 2.52. The molecule has 0 saturated heterocycles. The molecule has 0 amide bonds. The quantitative estimate of drug-likeness (QED) is 0.507. The first-order chi connectivity index (χ1) is 12.0. The molecule has 2 aromatic carbocycles. The van der Waals surface area contributed by atoms with Crippen molar-refractivity contribution in [2.75, 3.05) is 0 Å². The first kappa shape index (κ1) is 19.0. The van der Waals surface area contributed by atoms with E-state index in [0.717, 1.165) is 6.42 Å². The first-order valence-corrected chi connectivity index (χ1v) is 9.94. The Morgan fingerprint density at radius 2 is 1.54 bits per heavy atom. The van der Waals surface area contributed by atoms with Gasteiger partial charge in [-0.15, -0.1) is 0 Å². The summed E-state index contributed by atoms with van der Waals surface area (Å²) in [6.45, 7) is 18.6. The monoisotopic (exact) mass is 346 g/mol. The molecule has 0 radical (unpaired) electrons. The SMILES string of the molecule is Cc1ccccc1C1=Cc2cc(C(C)(C)C)cc(C(C)(C)C)c2C[C@H]1C. The largest absolute Gasteiger partial charge is 0.0620 e. The molecule has 0 aliphatic heterocycles. The summed E-state index contributed by atoms with van der Waals surface area (Å²) >= 11 is 0. The van der Waals surface area contributed by atoms with E-state index < -0.39 is 0 Å². The topological polar surface area (TPSA) is 0 Å². The lowest BCUT2D eigenvalue weighted by atomic mass is 9.71. The second-order valence-corrected chi connectivity index (χ2v) is 10.1. The fourth-order valence-electron chi connectivity index (χ4n) is 4.12. The predicted octanol–water partition coefficient (Wildman–Crippen LogP) is 7.32. The minimum atomic E-state index is 0.161. The summed E-state index contributed by atoms with van der Waals surface area (Å²) in [4.78, 5) is 0.